The van der Waals surface area contributed by atoms with Crippen LogP contribution in [0.25, 0.3) is 0 Å². The zero-order valence-electron chi connectivity index (χ0n) is 11.7. The molecule has 0 saturated heterocycles. The normalized spacial score (nSPS) is 12.8. The Morgan fingerprint density at radius 1 is 1.30 bits per heavy atom. The average molecular weight is 299 g/mol. The predicted molar refractivity (Wildman–Crippen MR) is 77.6 cm³/mol. The van der Waals surface area contributed by atoms with Crippen molar-refractivity contribution < 1.29 is 13.2 Å². The van der Waals surface area contributed by atoms with Crippen molar-refractivity contribution in [3.63, 3.8) is 0 Å². The number of nitrogens with two attached hydrogens (primary N) is 1. The summed E-state index contributed by atoms with van der Waals surface area (Å²) in [6.45, 7) is 4.34. The first kappa shape index (κ1) is 16.5. The van der Waals surface area contributed by atoms with Crippen molar-refractivity contribution in [2.24, 2.45) is 5.14 Å². The van der Waals surface area contributed by atoms with Crippen molar-refractivity contribution in [1.29, 1.82) is 0 Å². The fraction of sp³-hybridized carbons (Fsp3) is 0.462. The number of carbonyl (C=O) groups excluding carboxylic acids is 1. The van der Waals surface area contributed by atoms with Crippen molar-refractivity contribution in [3.05, 3.63) is 29.8 Å². The second-order valence-electron chi connectivity index (χ2n) is 4.71. The van der Waals surface area contributed by atoms with Gasteiger partial charge in [-0.2, -0.15) is 0 Å². The van der Waals surface area contributed by atoms with Crippen LogP contribution in [-0.4, -0.2) is 20.5 Å². The van der Waals surface area contributed by atoms with Gasteiger partial charge in [0.1, 0.15) is 0 Å². The lowest BCUT2D eigenvalue weighted by atomic mass is 10.2. The molecule has 6 nitrogen and oxygen atoms in total. The first-order chi connectivity index (χ1) is 9.32. The van der Waals surface area contributed by atoms with Gasteiger partial charge in [0, 0.05) is 12.6 Å². The largest absolute Gasteiger partial charge is 0.336 e. The number of rotatable bonds is 6. The fourth-order valence-corrected chi connectivity index (χ4v) is 2.27. The molecule has 1 rings (SSSR count). The van der Waals surface area contributed by atoms with E-state index in [4.69, 9.17) is 5.14 Å². The van der Waals surface area contributed by atoms with Gasteiger partial charge < -0.3 is 10.6 Å². The van der Waals surface area contributed by atoms with Crippen molar-refractivity contribution in [3.8, 4) is 0 Å². The summed E-state index contributed by atoms with van der Waals surface area (Å²) >= 11 is 0. The molecular weight excluding hydrogens is 278 g/mol. The standard InChI is InChI=1S/C13H21N3O3S/c1-3-4-10(2)16-13(17)15-9-11-5-7-12(8-6-11)20(14,18)19/h5-8,10H,3-4,9H2,1-2H3,(H2,14,18,19)(H2,15,16,17)/t10-/m1/s1. The Bertz CT molecular complexity index is 540. The summed E-state index contributed by atoms with van der Waals surface area (Å²) in [6.07, 6.45) is 1.94. The number of amides is 2. The molecule has 1 atom stereocenters. The summed E-state index contributed by atoms with van der Waals surface area (Å²) < 4.78 is 22.2. The lowest BCUT2D eigenvalue weighted by molar-refractivity contribution is 0.236. The third-order valence-electron chi connectivity index (χ3n) is 2.80. The molecule has 0 aliphatic rings. The number of urea groups is 1. The lowest BCUT2D eigenvalue weighted by Crippen LogP contribution is -2.40. The zero-order valence-corrected chi connectivity index (χ0v) is 12.5. The SMILES string of the molecule is CCC[C@@H](C)NC(=O)NCc1ccc(S(N)(=O)=O)cc1. The summed E-state index contributed by atoms with van der Waals surface area (Å²) in [5, 5.41) is 10.5. The number of sulfonamides is 1. The van der Waals surface area contributed by atoms with E-state index in [0.717, 1.165) is 18.4 Å². The van der Waals surface area contributed by atoms with E-state index < -0.39 is 10.0 Å². The van der Waals surface area contributed by atoms with Crippen LogP contribution in [0.5, 0.6) is 0 Å². The molecule has 4 N–H and O–H groups in total. The van der Waals surface area contributed by atoms with Crippen molar-refractivity contribution in [1.82, 2.24) is 10.6 Å². The van der Waals surface area contributed by atoms with Gasteiger partial charge >= 0.3 is 6.03 Å². The molecule has 0 aromatic heterocycles. The molecule has 0 radical (unpaired) electrons. The molecular formula is C13H21N3O3S. The zero-order chi connectivity index (χ0) is 15.2. The van der Waals surface area contributed by atoms with Gasteiger partial charge in [0.05, 0.1) is 4.90 Å². The smallest absolute Gasteiger partial charge is 0.315 e. The number of carbonyl (C=O) groups is 1. The van der Waals surface area contributed by atoms with E-state index in [1.807, 2.05) is 6.92 Å². The first-order valence-electron chi connectivity index (χ1n) is 6.49. The minimum Gasteiger partial charge on any atom is -0.336 e. The number of benzene rings is 1. The molecule has 0 fully saturated rings. The quantitative estimate of drug-likeness (QED) is 0.738. The highest BCUT2D eigenvalue weighted by Gasteiger charge is 2.08. The fourth-order valence-electron chi connectivity index (χ4n) is 1.76. The summed E-state index contributed by atoms with van der Waals surface area (Å²) in [6, 6.07) is 5.98. The molecule has 7 heteroatoms. The Morgan fingerprint density at radius 2 is 1.90 bits per heavy atom. The minimum atomic E-state index is -3.67. The number of nitrogens with one attached hydrogen (secondary N) is 2. The van der Waals surface area contributed by atoms with Crippen molar-refractivity contribution >= 4 is 16.1 Å². The monoisotopic (exact) mass is 299 g/mol. The minimum absolute atomic E-state index is 0.0577. The van der Waals surface area contributed by atoms with Crippen LogP contribution in [0.3, 0.4) is 0 Å². The van der Waals surface area contributed by atoms with Gasteiger partial charge in [-0.1, -0.05) is 25.5 Å². The third-order valence-corrected chi connectivity index (χ3v) is 3.73. The molecule has 0 bridgehead atoms. The Balaban J connectivity index is 2.48. The molecule has 1 aromatic rings. The van der Waals surface area contributed by atoms with Crippen LogP contribution in [0.1, 0.15) is 32.3 Å². The Hall–Kier alpha value is -1.60. The van der Waals surface area contributed by atoms with Gasteiger partial charge in [-0.3, -0.25) is 0 Å². The molecule has 20 heavy (non-hydrogen) atoms. The maximum absolute atomic E-state index is 11.6. The van der Waals surface area contributed by atoms with Crippen molar-refractivity contribution in [2.75, 3.05) is 0 Å². The molecule has 0 heterocycles. The molecule has 2 amide bonds. The van der Waals surface area contributed by atoms with E-state index in [2.05, 4.69) is 17.6 Å². The highest BCUT2D eigenvalue weighted by Crippen LogP contribution is 2.08. The van der Waals surface area contributed by atoms with Gasteiger partial charge in [-0.05, 0) is 31.0 Å². The Labute approximate surface area is 119 Å². The highest BCUT2D eigenvalue weighted by atomic mass is 32.2. The molecule has 112 valence electrons. The molecule has 0 aliphatic heterocycles. The molecule has 0 spiro atoms. The van der Waals surface area contributed by atoms with Gasteiger partial charge in [0.2, 0.25) is 10.0 Å². The number of hydrogen-bond acceptors (Lipinski definition) is 3. The van der Waals surface area contributed by atoms with Gasteiger partial charge in [-0.15, -0.1) is 0 Å². The van der Waals surface area contributed by atoms with Crippen LogP contribution in [0.15, 0.2) is 29.2 Å². The van der Waals surface area contributed by atoms with E-state index in [0.29, 0.717) is 6.54 Å². The molecule has 0 aliphatic carbocycles. The molecule has 0 saturated carbocycles. The summed E-state index contributed by atoms with van der Waals surface area (Å²) in [7, 11) is -3.67. The summed E-state index contributed by atoms with van der Waals surface area (Å²) in [5.41, 5.74) is 0.802. The predicted octanol–water partition coefficient (Wildman–Crippen LogP) is 1.32. The summed E-state index contributed by atoms with van der Waals surface area (Å²) in [4.78, 5) is 11.6. The topological polar surface area (TPSA) is 101 Å². The van der Waals surface area contributed by atoms with Crippen LogP contribution < -0.4 is 15.8 Å². The maximum atomic E-state index is 11.6. The molecule has 0 unspecified atom stereocenters. The van der Waals surface area contributed by atoms with E-state index in [1.165, 1.54) is 12.1 Å². The van der Waals surface area contributed by atoms with Crippen LogP contribution in [0.4, 0.5) is 4.79 Å². The van der Waals surface area contributed by atoms with Crippen molar-refractivity contribution in [2.45, 2.75) is 44.2 Å². The van der Waals surface area contributed by atoms with Gasteiger partial charge in [-0.25, -0.2) is 18.4 Å². The van der Waals surface area contributed by atoms with E-state index in [9.17, 15) is 13.2 Å². The molecule has 1 aromatic carbocycles. The van der Waals surface area contributed by atoms with Crippen LogP contribution in [0, 0.1) is 0 Å². The second-order valence-corrected chi connectivity index (χ2v) is 6.27. The maximum Gasteiger partial charge on any atom is 0.315 e. The number of hydrogen-bond donors (Lipinski definition) is 3. The summed E-state index contributed by atoms with van der Waals surface area (Å²) in [5.74, 6) is 0. The third kappa shape index (κ3) is 5.58. The second kappa shape index (κ2) is 7.25. The lowest BCUT2D eigenvalue weighted by Gasteiger charge is -2.13. The van der Waals surface area contributed by atoms with Crippen LogP contribution >= 0.6 is 0 Å². The Morgan fingerprint density at radius 3 is 2.40 bits per heavy atom. The van der Waals surface area contributed by atoms with Crippen LogP contribution in [0.2, 0.25) is 0 Å². The highest BCUT2D eigenvalue weighted by molar-refractivity contribution is 7.89. The van der Waals surface area contributed by atoms with E-state index in [-0.39, 0.29) is 17.0 Å². The van der Waals surface area contributed by atoms with E-state index >= 15 is 0 Å². The van der Waals surface area contributed by atoms with Gasteiger partial charge in [0.25, 0.3) is 0 Å². The number of primary sulfonamides is 1. The average Bonchev–Trinajstić information content (AvgIpc) is 2.36. The van der Waals surface area contributed by atoms with E-state index in [1.54, 1.807) is 12.1 Å². The first-order valence-corrected chi connectivity index (χ1v) is 8.03. The Kier molecular flexibility index (Phi) is 5.97. The van der Waals surface area contributed by atoms with Crippen LogP contribution in [-0.2, 0) is 16.6 Å². The van der Waals surface area contributed by atoms with Gasteiger partial charge in [0.15, 0.2) is 0 Å².